The van der Waals surface area contributed by atoms with Crippen molar-refractivity contribution < 1.29 is 10.1 Å². The molecule has 2 heteroatoms. The van der Waals surface area contributed by atoms with Crippen molar-refractivity contribution in [3.8, 4) is 0 Å². The molecule has 54 valence electrons. The summed E-state index contributed by atoms with van der Waals surface area (Å²) in [6, 6.07) is 0. The van der Waals surface area contributed by atoms with Gasteiger partial charge in [-0.25, -0.2) is 4.89 Å². The van der Waals surface area contributed by atoms with Crippen molar-refractivity contribution in [1.82, 2.24) is 0 Å². The normalized spacial score (nSPS) is 25.7. The van der Waals surface area contributed by atoms with Crippen molar-refractivity contribution in [3.05, 3.63) is 0 Å². The monoisotopic (exact) mass is 130 g/mol. The van der Waals surface area contributed by atoms with E-state index < -0.39 is 0 Å². The Labute approximate surface area is 55.8 Å². The van der Waals surface area contributed by atoms with E-state index in [9.17, 15) is 0 Å². The number of hydrogen-bond acceptors (Lipinski definition) is 2. The first-order valence-corrected chi connectivity index (χ1v) is 3.40. The van der Waals surface area contributed by atoms with Gasteiger partial charge in [-0.3, -0.25) is 5.26 Å². The third-order valence-corrected chi connectivity index (χ3v) is 1.99. The minimum absolute atomic E-state index is 0.503. The maximum atomic E-state index is 8.07. The van der Waals surface area contributed by atoms with E-state index in [4.69, 9.17) is 5.26 Å². The lowest BCUT2D eigenvalue weighted by Crippen LogP contribution is -2.34. The number of hydrogen-bond donors (Lipinski definition) is 1. The molecule has 0 bridgehead atoms. The van der Waals surface area contributed by atoms with Crippen molar-refractivity contribution in [2.45, 2.75) is 26.7 Å². The molecule has 1 aliphatic rings. The summed E-state index contributed by atoms with van der Waals surface area (Å²) in [5.41, 5.74) is 0.503. The molecule has 1 fully saturated rings. The first-order chi connectivity index (χ1) is 4.14. The first-order valence-electron chi connectivity index (χ1n) is 3.40. The molecule has 0 unspecified atom stereocenters. The summed E-state index contributed by atoms with van der Waals surface area (Å²) in [6.07, 6.45) is 2.38. The fourth-order valence-corrected chi connectivity index (χ4v) is 1.73. The van der Waals surface area contributed by atoms with Gasteiger partial charge in [-0.05, 0) is 24.2 Å². The van der Waals surface area contributed by atoms with Gasteiger partial charge in [-0.1, -0.05) is 13.8 Å². The Hall–Kier alpha value is -0.0800. The molecule has 1 rings (SSSR count). The maximum Gasteiger partial charge on any atom is 0.0848 e. The van der Waals surface area contributed by atoms with Crippen molar-refractivity contribution in [2.75, 3.05) is 6.61 Å². The van der Waals surface area contributed by atoms with E-state index in [1.54, 1.807) is 0 Å². The minimum atomic E-state index is 0.503. The average Bonchev–Trinajstić information content (AvgIpc) is 1.62. The second-order valence-electron chi connectivity index (χ2n) is 3.73. The van der Waals surface area contributed by atoms with Gasteiger partial charge < -0.3 is 0 Å². The van der Waals surface area contributed by atoms with Crippen LogP contribution in [0.15, 0.2) is 0 Å². The number of rotatable bonds is 2. The zero-order valence-corrected chi connectivity index (χ0v) is 6.05. The highest BCUT2D eigenvalue weighted by Gasteiger charge is 2.35. The van der Waals surface area contributed by atoms with E-state index in [0.29, 0.717) is 17.9 Å². The summed E-state index contributed by atoms with van der Waals surface area (Å²) in [5, 5.41) is 8.07. The Balaban J connectivity index is 2.12. The van der Waals surface area contributed by atoms with Gasteiger partial charge in [0, 0.05) is 0 Å². The highest BCUT2D eigenvalue weighted by molar-refractivity contribution is 4.85. The molecule has 0 aliphatic heterocycles. The summed E-state index contributed by atoms with van der Waals surface area (Å²) in [4.78, 5) is 4.04. The Morgan fingerprint density at radius 1 is 1.56 bits per heavy atom. The SMILES string of the molecule is CC1(C)CC(COO)C1. The first kappa shape index (κ1) is 7.03. The van der Waals surface area contributed by atoms with Crippen LogP contribution in [0.1, 0.15) is 26.7 Å². The molecule has 0 radical (unpaired) electrons. The van der Waals surface area contributed by atoms with Gasteiger partial charge in [-0.15, -0.1) is 0 Å². The molecule has 1 aliphatic carbocycles. The van der Waals surface area contributed by atoms with Crippen LogP contribution in [0.2, 0.25) is 0 Å². The van der Waals surface area contributed by atoms with Crippen LogP contribution in [0.4, 0.5) is 0 Å². The molecule has 0 saturated heterocycles. The zero-order valence-electron chi connectivity index (χ0n) is 6.05. The lowest BCUT2D eigenvalue weighted by Gasteiger charge is -2.41. The molecular formula is C7H14O2. The van der Waals surface area contributed by atoms with E-state index in [0.717, 1.165) is 0 Å². The van der Waals surface area contributed by atoms with E-state index in [1.807, 2.05) is 0 Å². The summed E-state index contributed by atoms with van der Waals surface area (Å²) >= 11 is 0. The summed E-state index contributed by atoms with van der Waals surface area (Å²) in [6.45, 7) is 4.99. The molecule has 0 heterocycles. The molecule has 0 aromatic rings. The van der Waals surface area contributed by atoms with Gasteiger partial charge >= 0.3 is 0 Å². The minimum Gasteiger partial charge on any atom is -0.252 e. The van der Waals surface area contributed by atoms with Crippen LogP contribution in [0.5, 0.6) is 0 Å². The second-order valence-corrected chi connectivity index (χ2v) is 3.73. The molecule has 2 nitrogen and oxygen atoms in total. The molecule has 1 N–H and O–H groups in total. The smallest absolute Gasteiger partial charge is 0.0848 e. The fraction of sp³-hybridized carbons (Fsp3) is 1.00. The summed E-state index contributed by atoms with van der Waals surface area (Å²) in [5.74, 6) is 0.602. The topological polar surface area (TPSA) is 29.5 Å². The van der Waals surface area contributed by atoms with Crippen molar-refractivity contribution in [2.24, 2.45) is 11.3 Å². The van der Waals surface area contributed by atoms with Gasteiger partial charge in [0.2, 0.25) is 0 Å². The average molecular weight is 130 g/mol. The van der Waals surface area contributed by atoms with E-state index in [1.165, 1.54) is 12.8 Å². The van der Waals surface area contributed by atoms with Crippen molar-refractivity contribution >= 4 is 0 Å². The van der Waals surface area contributed by atoms with E-state index in [2.05, 4.69) is 18.7 Å². The van der Waals surface area contributed by atoms with Gasteiger partial charge in [0.25, 0.3) is 0 Å². The highest BCUT2D eigenvalue weighted by Crippen LogP contribution is 2.44. The quantitative estimate of drug-likeness (QED) is 0.457. The van der Waals surface area contributed by atoms with Crippen molar-refractivity contribution in [3.63, 3.8) is 0 Å². The fourth-order valence-electron chi connectivity index (χ4n) is 1.73. The van der Waals surface area contributed by atoms with Crippen LogP contribution >= 0.6 is 0 Å². The Morgan fingerprint density at radius 3 is 2.44 bits per heavy atom. The third kappa shape index (κ3) is 1.66. The Kier molecular flexibility index (Phi) is 1.78. The van der Waals surface area contributed by atoms with Crippen LogP contribution in [-0.4, -0.2) is 11.9 Å². The van der Waals surface area contributed by atoms with E-state index >= 15 is 0 Å². The van der Waals surface area contributed by atoms with Gasteiger partial charge in [0.1, 0.15) is 0 Å². The molecular weight excluding hydrogens is 116 g/mol. The predicted molar refractivity (Wildman–Crippen MR) is 35.1 cm³/mol. The predicted octanol–water partition coefficient (Wildman–Crippen LogP) is 1.91. The molecule has 1 saturated carbocycles. The van der Waals surface area contributed by atoms with Crippen LogP contribution < -0.4 is 0 Å². The molecule has 9 heavy (non-hydrogen) atoms. The zero-order chi connectivity index (χ0) is 6.91. The van der Waals surface area contributed by atoms with Crippen LogP contribution in [0.3, 0.4) is 0 Å². The van der Waals surface area contributed by atoms with Crippen LogP contribution in [0, 0.1) is 11.3 Å². The van der Waals surface area contributed by atoms with Gasteiger partial charge in [0.05, 0.1) is 6.61 Å². The lowest BCUT2D eigenvalue weighted by molar-refractivity contribution is -0.260. The lowest BCUT2D eigenvalue weighted by atomic mass is 9.65. The maximum absolute atomic E-state index is 8.07. The van der Waals surface area contributed by atoms with E-state index in [-0.39, 0.29) is 0 Å². The molecule has 0 amide bonds. The van der Waals surface area contributed by atoms with Gasteiger partial charge in [-0.2, -0.15) is 0 Å². The van der Waals surface area contributed by atoms with Crippen LogP contribution in [-0.2, 0) is 4.89 Å². The highest BCUT2D eigenvalue weighted by atomic mass is 17.1. The molecule has 0 aromatic heterocycles. The largest absolute Gasteiger partial charge is 0.252 e. The van der Waals surface area contributed by atoms with Crippen molar-refractivity contribution in [1.29, 1.82) is 0 Å². The third-order valence-electron chi connectivity index (χ3n) is 1.99. The second kappa shape index (κ2) is 2.27. The Morgan fingerprint density at radius 2 is 2.11 bits per heavy atom. The molecule has 0 atom stereocenters. The van der Waals surface area contributed by atoms with Crippen LogP contribution in [0.25, 0.3) is 0 Å². The molecule has 0 aromatic carbocycles. The van der Waals surface area contributed by atoms with Gasteiger partial charge in [0.15, 0.2) is 0 Å². The Bertz CT molecular complexity index is 91.1. The summed E-state index contributed by atoms with van der Waals surface area (Å²) < 4.78 is 0. The summed E-state index contributed by atoms with van der Waals surface area (Å²) in [7, 11) is 0. The molecule has 0 spiro atoms. The standard InChI is InChI=1S/C7H14O2/c1-7(2)3-6(4-7)5-9-8/h6,8H,3-5H2,1-2H3.